The minimum absolute atomic E-state index is 0.226. The van der Waals surface area contributed by atoms with Crippen molar-refractivity contribution in [3.05, 3.63) is 101 Å². The highest BCUT2D eigenvalue weighted by Gasteiger charge is 2.43. The molecule has 8 heteroatoms. The van der Waals surface area contributed by atoms with Gasteiger partial charge in [-0.3, -0.25) is 4.98 Å². The third kappa shape index (κ3) is 4.07. The van der Waals surface area contributed by atoms with Gasteiger partial charge in [0.05, 0.1) is 37.7 Å². The lowest BCUT2D eigenvalue weighted by Gasteiger charge is -2.29. The standard InChI is InChI=1S/C28H27FN4O2S/c1-17-14-22(18(2)32(17)20-9-7-8-19(29)15-20)27-26(23-10-5-6-13-30-23)31-28(36)33(27)24-16-21(34-3)11-12-25(24)35-4/h5-16,26-27H,1-4H3,(H,31,36)/t26-,27+/m1/s1. The lowest BCUT2D eigenvalue weighted by molar-refractivity contribution is 0.403. The Bertz CT molecular complexity index is 1420. The zero-order valence-corrected chi connectivity index (χ0v) is 21.3. The molecule has 1 aliphatic heterocycles. The second-order valence-electron chi connectivity index (χ2n) is 8.68. The number of nitrogens with one attached hydrogen (secondary N) is 1. The molecule has 0 bridgehead atoms. The van der Waals surface area contributed by atoms with Crippen molar-refractivity contribution in [2.24, 2.45) is 0 Å². The lowest BCUT2D eigenvalue weighted by atomic mass is 9.96. The van der Waals surface area contributed by atoms with Crippen molar-refractivity contribution in [2.45, 2.75) is 25.9 Å². The van der Waals surface area contributed by atoms with Crippen molar-refractivity contribution in [3.8, 4) is 17.2 Å². The van der Waals surface area contributed by atoms with Crippen molar-refractivity contribution >= 4 is 23.0 Å². The van der Waals surface area contributed by atoms with E-state index >= 15 is 0 Å². The molecule has 1 N–H and O–H groups in total. The van der Waals surface area contributed by atoms with E-state index in [0.29, 0.717) is 16.6 Å². The summed E-state index contributed by atoms with van der Waals surface area (Å²) in [5, 5.41) is 4.04. The molecule has 6 nitrogen and oxygen atoms in total. The zero-order valence-electron chi connectivity index (χ0n) is 20.5. The molecule has 2 atom stereocenters. The number of halogens is 1. The molecule has 0 unspecified atom stereocenters. The minimum atomic E-state index is -0.278. The van der Waals surface area contributed by atoms with E-state index in [-0.39, 0.29) is 17.9 Å². The largest absolute Gasteiger partial charge is 0.497 e. The quantitative estimate of drug-likeness (QED) is 0.335. The molecule has 36 heavy (non-hydrogen) atoms. The van der Waals surface area contributed by atoms with Crippen LogP contribution in [0.3, 0.4) is 0 Å². The molecular weight excluding hydrogens is 475 g/mol. The van der Waals surface area contributed by atoms with E-state index in [4.69, 9.17) is 21.7 Å². The normalized spacial score (nSPS) is 17.2. The van der Waals surface area contributed by atoms with Gasteiger partial charge < -0.3 is 24.3 Å². The molecule has 1 saturated heterocycles. The van der Waals surface area contributed by atoms with Crippen molar-refractivity contribution in [1.82, 2.24) is 14.9 Å². The fourth-order valence-corrected chi connectivity index (χ4v) is 5.35. The zero-order chi connectivity index (χ0) is 25.4. The molecule has 0 radical (unpaired) electrons. The molecule has 0 aliphatic carbocycles. The molecule has 2 aromatic carbocycles. The molecule has 5 rings (SSSR count). The summed E-state index contributed by atoms with van der Waals surface area (Å²) in [6.07, 6.45) is 1.78. The first-order valence-electron chi connectivity index (χ1n) is 11.6. The van der Waals surface area contributed by atoms with Crippen molar-refractivity contribution < 1.29 is 13.9 Å². The molecule has 0 spiro atoms. The predicted octanol–water partition coefficient (Wildman–Crippen LogP) is 5.82. The van der Waals surface area contributed by atoms with Crippen LogP contribution < -0.4 is 19.7 Å². The van der Waals surface area contributed by atoms with Crippen LogP contribution in [0.5, 0.6) is 11.5 Å². The molecule has 0 amide bonds. The fraction of sp³-hybridized carbons (Fsp3) is 0.214. The summed E-state index contributed by atoms with van der Waals surface area (Å²) in [4.78, 5) is 6.71. The lowest BCUT2D eigenvalue weighted by Crippen LogP contribution is -2.30. The SMILES string of the molecule is COc1ccc(OC)c(N2C(=S)N[C@H](c3ccccn3)[C@@H]2c2cc(C)n(-c3cccc(F)c3)c2C)c1. The van der Waals surface area contributed by atoms with Gasteiger partial charge in [-0.15, -0.1) is 0 Å². The maximum absolute atomic E-state index is 14.1. The van der Waals surface area contributed by atoms with Crippen LogP contribution in [-0.4, -0.2) is 28.9 Å². The van der Waals surface area contributed by atoms with Gasteiger partial charge in [0.2, 0.25) is 0 Å². The van der Waals surface area contributed by atoms with Crippen LogP contribution >= 0.6 is 12.2 Å². The van der Waals surface area contributed by atoms with Crippen molar-refractivity contribution in [3.63, 3.8) is 0 Å². The third-order valence-electron chi connectivity index (χ3n) is 6.60. The number of ether oxygens (including phenoxy) is 2. The van der Waals surface area contributed by atoms with Crippen LogP contribution in [0.25, 0.3) is 5.69 Å². The predicted molar refractivity (Wildman–Crippen MR) is 143 cm³/mol. The highest BCUT2D eigenvalue weighted by atomic mass is 32.1. The first-order chi connectivity index (χ1) is 17.4. The van der Waals surface area contributed by atoms with Gasteiger partial charge in [-0.2, -0.15) is 0 Å². The number of hydrogen-bond acceptors (Lipinski definition) is 4. The van der Waals surface area contributed by atoms with Crippen LogP contribution in [0.4, 0.5) is 10.1 Å². The smallest absolute Gasteiger partial charge is 0.174 e. The molecule has 1 fully saturated rings. The maximum atomic E-state index is 14.1. The van der Waals surface area contributed by atoms with Crippen LogP contribution in [0, 0.1) is 19.7 Å². The highest BCUT2D eigenvalue weighted by Crippen LogP contribution is 2.47. The minimum Gasteiger partial charge on any atom is -0.497 e. The summed E-state index contributed by atoms with van der Waals surface area (Å²) in [6.45, 7) is 4.07. The molecular formula is C28H27FN4O2S. The second-order valence-corrected chi connectivity index (χ2v) is 9.06. The Balaban J connectivity index is 1.72. The van der Waals surface area contributed by atoms with Crippen LogP contribution in [0.2, 0.25) is 0 Å². The average molecular weight is 503 g/mol. The Labute approximate surface area is 215 Å². The Morgan fingerprint density at radius 3 is 2.50 bits per heavy atom. The fourth-order valence-electron chi connectivity index (χ4n) is 5.02. The Hall–Kier alpha value is -3.91. The third-order valence-corrected chi connectivity index (χ3v) is 6.91. The van der Waals surface area contributed by atoms with E-state index in [1.165, 1.54) is 6.07 Å². The van der Waals surface area contributed by atoms with Gasteiger partial charge in [0.25, 0.3) is 0 Å². The number of benzene rings is 2. The number of methoxy groups -OCH3 is 2. The Morgan fingerprint density at radius 2 is 1.81 bits per heavy atom. The number of hydrogen-bond donors (Lipinski definition) is 1. The second kappa shape index (κ2) is 9.62. The van der Waals surface area contributed by atoms with Gasteiger partial charge in [-0.1, -0.05) is 12.1 Å². The first-order valence-corrected chi connectivity index (χ1v) is 12.0. The average Bonchev–Trinajstić information content (AvgIpc) is 3.38. The van der Waals surface area contributed by atoms with E-state index in [9.17, 15) is 4.39 Å². The van der Waals surface area contributed by atoms with E-state index in [0.717, 1.165) is 34.0 Å². The summed E-state index contributed by atoms with van der Waals surface area (Å²) >= 11 is 5.89. The van der Waals surface area contributed by atoms with Gasteiger partial charge in [0, 0.05) is 29.3 Å². The summed E-state index contributed by atoms with van der Waals surface area (Å²) in [7, 11) is 3.27. The van der Waals surface area contributed by atoms with Crippen molar-refractivity contribution in [1.29, 1.82) is 0 Å². The molecule has 0 saturated carbocycles. The van der Waals surface area contributed by atoms with Gasteiger partial charge in [0.15, 0.2) is 5.11 Å². The van der Waals surface area contributed by atoms with Crippen LogP contribution in [0.15, 0.2) is 72.9 Å². The monoisotopic (exact) mass is 502 g/mol. The number of aryl methyl sites for hydroxylation is 1. The molecule has 3 heterocycles. The molecule has 2 aromatic heterocycles. The summed E-state index contributed by atoms with van der Waals surface area (Å²) in [5.41, 5.74) is 5.44. The molecule has 4 aromatic rings. The van der Waals surface area contributed by atoms with E-state index < -0.39 is 0 Å². The Morgan fingerprint density at radius 1 is 0.972 bits per heavy atom. The van der Waals surface area contributed by atoms with Gasteiger partial charge in [-0.25, -0.2) is 4.39 Å². The van der Waals surface area contributed by atoms with Gasteiger partial charge in [-0.05, 0) is 80.2 Å². The number of nitrogens with zero attached hydrogens (tertiary/aromatic N) is 3. The Kier molecular flexibility index (Phi) is 6.36. The van der Waals surface area contributed by atoms with Crippen molar-refractivity contribution in [2.75, 3.05) is 19.1 Å². The molecule has 1 aliphatic rings. The van der Waals surface area contributed by atoms with E-state index in [2.05, 4.69) is 25.8 Å². The summed E-state index contributed by atoms with van der Waals surface area (Å²) in [5.74, 6) is 1.09. The summed E-state index contributed by atoms with van der Waals surface area (Å²) in [6, 6.07) is 19.8. The number of aromatic nitrogens is 2. The maximum Gasteiger partial charge on any atom is 0.174 e. The van der Waals surface area contributed by atoms with E-state index in [1.807, 2.05) is 56.3 Å². The number of pyridine rings is 1. The number of anilines is 1. The van der Waals surface area contributed by atoms with E-state index in [1.54, 1.807) is 32.5 Å². The van der Waals surface area contributed by atoms with Crippen LogP contribution in [-0.2, 0) is 0 Å². The topological polar surface area (TPSA) is 51.6 Å². The summed E-state index contributed by atoms with van der Waals surface area (Å²) < 4.78 is 27.4. The van der Waals surface area contributed by atoms with Gasteiger partial charge >= 0.3 is 0 Å². The highest BCUT2D eigenvalue weighted by molar-refractivity contribution is 7.80. The van der Waals surface area contributed by atoms with Gasteiger partial charge in [0.1, 0.15) is 17.3 Å². The number of rotatable bonds is 6. The van der Waals surface area contributed by atoms with Crippen LogP contribution in [0.1, 0.15) is 34.7 Å². The number of thiocarbonyl (C=S) groups is 1. The molecule has 184 valence electrons. The first kappa shape index (κ1) is 23.8.